The summed E-state index contributed by atoms with van der Waals surface area (Å²) in [6.45, 7) is 0. The van der Waals surface area contributed by atoms with Crippen LogP contribution in [0.2, 0.25) is 0 Å². The van der Waals surface area contributed by atoms with E-state index in [-0.39, 0.29) is 4.90 Å². The van der Waals surface area contributed by atoms with Gasteiger partial charge in [0.1, 0.15) is 5.82 Å². The largest absolute Gasteiger partial charge is 0.391 e. The van der Waals surface area contributed by atoms with E-state index in [4.69, 9.17) is 0 Å². The molecule has 0 saturated carbocycles. The van der Waals surface area contributed by atoms with E-state index in [1.807, 2.05) is 12.1 Å². The molecule has 0 bridgehead atoms. The highest BCUT2D eigenvalue weighted by atomic mass is 32.2. The third kappa shape index (κ3) is 2.70. The summed E-state index contributed by atoms with van der Waals surface area (Å²) in [6.07, 6.45) is -0.433. The first-order valence-electron chi connectivity index (χ1n) is 6.51. The fourth-order valence-corrected chi connectivity index (χ4v) is 3.87. The Balaban J connectivity index is 1.93. The molecule has 0 heterocycles. The average molecular weight is 307 g/mol. The fraction of sp³-hybridized carbons (Fsp3) is 0.200. The van der Waals surface area contributed by atoms with Gasteiger partial charge in [-0.2, -0.15) is 0 Å². The molecule has 0 aromatic heterocycles. The van der Waals surface area contributed by atoms with Crippen LogP contribution < -0.4 is 4.72 Å². The second-order valence-corrected chi connectivity index (χ2v) is 6.74. The zero-order chi connectivity index (χ0) is 15.0. The van der Waals surface area contributed by atoms with Crippen LogP contribution in [0.3, 0.4) is 0 Å². The SMILES string of the molecule is O=S(=O)(N[C@H]1c2ccccc2C[C@H]1O)c1cccc(F)c1. The van der Waals surface area contributed by atoms with Gasteiger partial charge in [-0.15, -0.1) is 0 Å². The van der Waals surface area contributed by atoms with Gasteiger partial charge in [-0.25, -0.2) is 17.5 Å². The highest BCUT2D eigenvalue weighted by Crippen LogP contribution is 2.32. The molecule has 1 aliphatic rings. The van der Waals surface area contributed by atoms with Gasteiger partial charge in [0.15, 0.2) is 0 Å². The van der Waals surface area contributed by atoms with Crippen molar-refractivity contribution in [2.75, 3.05) is 0 Å². The lowest BCUT2D eigenvalue weighted by molar-refractivity contribution is 0.151. The van der Waals surface area contributed by atoms with Crippen LogP contribution in [0.1, 0.15) is 17.2 Å². The summed E-state index contributed by atoms with van der Waals surface area (Å²) in [4.78, 5) is -0.154. The predicted octanol–water partition coefficient (Wildman–Crippen LogP) is 1.76. The van der Waals surface area contributed by atoms with Crippen LogP contribution in [0.25, 0.3) is 0 Å². The van der Waals surface area contributed by atoms with Gasteiger partial charge in [0.25, 0.3) is 0 Å². The molecule has 2 atom stereocenters. The van der Waals surface area contributed by atoms with Crippen molar-refractivity contribution in [1.82, 2.24) is 4.72 Å². The van der Waals surface area contributed by atoms with Crippen molar-refractivity contribution in [2.45, 2.75) is 23.5 Å². The van der Waals surface area contributed by atoms with Gasteiger partial charge in [0, 0.05) is 6.42 Å². The molecule has 0 fully saturated rings. The second-order valence-electron chi connectivity index (χ2n) is 5.03. The molecule has 0 amide bonds. The van der Waals surface area contributed by atoms with Gasteiger partial charge < -0.3 is 5.11 Å². The molecule has 0 unspecified atom stereocenters. The molecule has 0 aliphatic heterocycles. The van der Waals surface area contributed by atoms with Crippen molar-refractivity contribution >= 4 is 10.0 Å². The number of benzene rings is 2. The van der Waals surface area contributed by atoms with E-state index in [0.29, 0.717) is 6.42 Å². The molecule has 6 heteroatoms. The van der Waals surface area contributed by atoms with Gasteiger partial charge >= 0.3 is 0 Å². The van der Waals surface area contributed by atoms with Crippen LogP contribution >= 0.6 is 0 Å². The average Bonchev–Trinajstić information content (AvgIpc) is 2.75. The van der Waals surface area contributed by atoms with E-state index in [1.54, 1.807) is 12.1 Å². The maximum atomic E-state index is 13.2. The molecule has 2 aromatic carbocycles. The van der Waals surface area contributed by atoms with Crippen molar-refractivity contribution in [3.63, 3.8) is 0 Å². The number of rotatable bonds is 3. The van der Waals surface area contributed by atoms with Crippen LogP contribution in [0.15, 0.2) is 53.4 Å². The number of aliphatic hydroxyl groups is 1. The van der Waals surface area contributed by atoms with Gasteiger partial charge in [-0.3, -0.25) is 0 Å². The lowest BCUT2D eigenvalue weighted by Crippen LogP contribution is -2.33. The lowest BCUT2D eigenvalue weighted by atomic mass is 10.1. The van der Waals surface area contributed by atoms with Crippen molar-refractivity contribution in [2.24, 2.45) is 0 Å². The number of hydrogen-bond donors (Lipinski definition) is 2. The zero-order valence-electron chi connectivity index (χ0n) is 11.0. The first kappa shape index (κ1) is 14.2. The summed E-state index contributed by atoms with van der Waals surface area (Å²) in [6, 6.07) is 11.3. The van der Waals surface area contributed by atoms with Gasteiger partial charge in [0.05, 0.1) is 17.0 Å². The van der Waals surface area contributed by atoms with Crippen LogP contribution in [-0.2, 0) is 16.4 Å². The Morgan fingerprint density at radius 2 is 1.90 bits per heavy atom. The quantitative estimate of drug-likeness (QED) is 0.908. The third-order valence-electron chi connectivity index (χ3n) is 3.59. The molecule has 0 radical (unpaired) electrons. The molecule has 0 saturated heterocycles. The van der Waals surface area contributed by atoms with Gasteiger partial charge in [-0.1, -0.05) is 30.3 Å². The number of fused-ring (bicyclic) bond motifs is 1. The molecule has 110 valence electrons. The molecular formula is C15H14FNO3S. The van der Waals surface area contributed by atoms with E-state index in [2.05, 4.69) is 4.72 Å². The number of nitrogens with one attached hydrogen (secondary N) is 1. The van der Waals surface area contributed by atoms with Crippen molar-refractivity contribution < 1.29 is 17.9 Å². The molecule has 21 heavy (non-hydrogen) atoms. The predicted molar refractivity (Wildman–Crippen MR) is 75.6 cm³/mol. The van der Waals surface area contributed by atoms with E-state index >= 15 is 0 Å². The summed E-state index contributed by atoms with van der Waals surface area (Å²) < 4.78 is 40.3. The molecular weight excluding hydrogens is 293 g/mol. The Kier molecular flexibility index (Phi) is 3.52. The third-order valence-corrected chi connectivity index (χ3v) is 5.03. The molecule has 2 aromatic rings. The maximum absolute atomic E-state index is 13.2. The van der Waals surface area contributed by atoms with Gasteiger partial charge in [0.2, 0.25) is 10.0 Å². The number of hydrogen-bond acceptors (Lipinski definition) is 3. The van der Waals surface area contributed by atoms with Gasteiger partial charge in [-0.05, 0) is 29.3 Å². The van der Waals surface area contributed by atoms with E-state index < -0.39 is 28.0 Å². The summed E-state index contributed by atoms with van der Waals surface area (Å²) in [5.74, 6) is -0.620. The van der Waals surface area contributed by atoms with E-state index in [0.717, 1.165) is 17.2 Å². The minimum Gasteiger partial charge on any atom is -0.391 e. The molecule has 3 rings (SSSR count). The van der Waals surface area contributed by atoms with E-state index in [9.17, 15) is 17.9 Å². The first-order valence-corrected chi connectivity index (χ1v) is 7.99. The Morgan fingerprint density at radius 3 is 2.67 bits per heavy atom. The number of halogens is 1. The monoisotopic (exact) mass is 307 g/mol. The maximum Gasteiger partial charge on any atom is 0.241 e. The van der Waals surface area contributed by atoms with Crippen molar-refractivity contribution in [3.8, 4) is 0 Å². The Labute approximate surface area is 122 Å². The normalized spacial score (nSPS) is 21.2. The van der Waals surface area contributed by atoms with Crippen LogP contribution in [-0.4, -0.2) is 19.6 Å². The minimum absolute atomic E-state index is 0.154. The van der Waals surface area contributed by atoms with Crippen molar-refractivity contribution in [3.05, 3.63) is 65.5 Å². The van der Waals surface area contributed by atoms with E-state index in [1.165, 1.54) is 18.2 Å². The summed E-state index contributed by atoms with van der Waals surface area (Å²) >= 11 is 0. The molecule has 4 nitrogen and oxygen atoms in total. The highest BCUT2D eigenvalue weighted by molar-refractivity contribution is 7.89. The smallest absolute Gasteiger partial charge is 0.241 e. The summed E-state index contributed by atoms with van der Waals surface area (Å²) in [5, 5.41) is 10.1. The Bertz CT molecular complexity index is 776. The summed E-state index contributed by atoms with van der Waals surface area (Å²) in [5.41, 5.74) is 1.67. The van der Waals surface area contributed by atoms with Crippen LogP contribution in [0.5, 0.6) is 0 Å². The molecule has 0 spiro atoms. The molecule has 1 aliphatic carbocycles. The highest BCUT2D eigenvalue weighted by Gasteiger charge is 2.34. The molecule has 2 N–H and O–H groups in total. The number of aliphatic hydroxyl groups excluding tert-OH is 1. The zero-order valence-corrected chi connectivity index (χ0v) is 11.8. The second kappa shape index (κ2) is 5.22. The minimum atomic E-state index is -3.89. The topological polar surface area (TPSA) is 66.4 Å². The van der Waals surface area contributed by atoms with Crippen molar-refractivity contribution in [1.29, 1.82) is 0 Å². The summed E-state index contributed by atoms with van der Waals surface area (Å²) in [7, 11) is -3.89. The fourth-order valence-electron chi connectivity index (χ4n) is 2.59. The van der Waals surface area contributed by atoms with Crippen LogP contribution in [0.4, 0.5) is 4.39 Å². The lowest BCUT2D eigenvalue weighted by Gasteiger charge is -2.18. The number of sulfonamides is 1. The standard InChI is InChI=1S/C15H14FNO3S/c16-11-5-3-6-12(9-11)21(19,20)17-15-13-7-2-1-4-10(13)8-14(15)18/h1-7,9,14-15,17-18H,8H2/t14-,15+/m1/s1. The Hall–Kier alpha value is -1.76. The van der Waals surface area contributed by atoms with Crippen LogP contribution in [0, 0.1) is 5.82 Å². The first-order chi connectivity index (χ1) is 9.97. The Morgan fingerprint density at radius 1 is 1.14 bits per heavy atom.